The topological polar surface area (TPSA) is 38.4 Å². The zero-order valence-electron chi connectivity index (χ0n) is 3.93. The van der Waals surface area contributed by atoms with Crippen LogP contribution in [0, 0.1) is 0 Å². The minimum absolute atomic E-state index is 0. The van der Waals surface area contributed by atoms with Crippen LogP contribution < -0.4 is 5.73 Å². The molecule has 0 aliphatic rings. The van der Waals surface area contributed by atoms with Gasteiger partial charge in [-0.25, -0.2) is 4.99 Å². The van der Waals surface area contributed by atoms with Gasteiger partial charge in [-0.15, -0.1) is 0 Å². The molecule has 0 bridgehead atoms. The van der Waals surface area contributed by atoms with Crippen LogP contribution in [-0.4, -0.2) is 19.3 Å². The van der Waals surface area contributed by atoms with Crippen molar-refractivity contribution in [1.82, 2.24) is 0 Å². The lowest BCUT2D eigenvalue weighted by molar-refractivity contribution is 1.48. The maximum absolute atomic E-state index is 4.50. The highest BCUT2D eigenvalue weighted by Gasteiger charge is 1.24. The van der Waals surface area contributed by atoms with Gasteiger partial charge in [0.25, 0.3) is 0 Å². The fourth-order valence-corrected chi connectivity index (χ4v) is 0. The van der Waals surface area contributed by atoms with Gasteiger partial charge in [-0.3, -0.25) is 0 Å². The highest BCUT2D eigenvalue weighted by atomic mass is 32.1. The fourth-order valence-electron chi connectivity index (χ4n) is 0. The van der Waals surface area contributed by atoms with Crippen molar-refractivity contribution in [2.75, 3.05) is 14.1 Å². The molecule has 0 aliphatic heterocycles. The minimum atomic E-state index is 0. The predicted molar refractivity (Wildman–Crippen MR) is 37.8 cm³/mol. The quantitative estimate of drug-likeness (QED) is 0.381. The van der Waals surface area contributed by atoms with E-state index < -0.39 is 0 Å². The summed E-state index contributed by atoms with van der Waals surface area (Å²) in [6, 6.07) is 0. The van der Waals surface area contributed by atoms with Gasteiger partial charge in [-0.2, -0.15) is 0 Å². The molecule has 44 valence electrons. The smallest absolute Gasteiger partial charge is 0.0582 e. The largest absolute Gasteiger partial charge is 0.333 e. The highest BCUT2D eigenvalue weighted by Crippen LogP contribution is 1.36. The lowest BCUT2D eigenvalue weighted by Gasteiger charge is -1.39. The lowest BCUT2D eigenvalue weighted by Crippen LogP contribution is -1.69. The molecule has 0 fully saturated rings. The molecule has 7 heavy (non-hydrogen) atoms. The van der Waals surface area contributed by atoms with Crippen LogP contribution in [0.5, 0.6) is 0 Å². The Hall–Kier alpha value is -0.240. The maximum atomic E-state index is 4.50. The van der Waals surface area contributed by atoms with Gasteiger partial charge in [-0.05, 0) is 19.3 Å². The van der Waals surface area contributed by atoms with E-state index >= 15 is 0 Å². The van der Waals surface area contributed by atoms with Crippen LogP contribution in [0.2, 0.25) is 0 Å². The van der Waals surface area contributed by atoms with E-state index in [0.717, 1.165) is 0 Å². The first-order valence-electron chi connectivity index (χ1n) is 1.45. The van der Waals surface area contributed by atoms with Crippen molar-refractivity contribution in [2.24, 2.45) is 10.7 Å². The number of isothiocyanates is 1. The van der Waals surface area contributed by atoms with E-state index in [0.29, 0.717) is 0 Å². The second kappa shape index (κ2) is 42.1. The Morgan fingerprint density at radius 2 is 1.71 bits per heavy atom. The van der Waals surface area contributed by atoms with E-state index in [-0.39, 0.29) is 7.43 Å². The summed E-state index contributed by atoms with van der Waals surface area (Å²) in [7, 11) is 3.09. The average molecular weight is 120 g/mol. The van der Waals surface area contributed by atoms with Crippen molar-refractivity contribution in [3.05, 3.63) is 0 Å². The van der Waals surface area contributed by atoms with Gasteiger partial charge < -0.3 is 5.73 Å². The van der Waals surface area contributed by atoms with Crippen LogP contribution in [0.15, 0.2) is 4.99 Å². The number of nitrogens with two attached hydrogens (primary N) is 1. The van der Waals surface area contributed by atoms with E-state index in [4.69, 9.17) is 0 Å². The number of hydrogen-bond acceptors (Lipinski definition) is 3. The zero-order chi connectivity index (χ0) is 5.41. The number of hydrogen-bond donors (Lipinski definition) is 1. The molecule has 0 heterocycles. The number of nitrogens with zero attached hydrogens (tertiary/aromatic N) is 1. The maximum Gasteiger partial charge on any atom is 0.0582 e. The second-order valence-electron chi connectivity index (χ2n) is 0.315. The molecule has 0 saturated carbocycles. The Morgan fingerprint density at radius 1 is 1.57 bits per heavy atom. The van der Waals surface area contributed by atoms with Gasteiger partial charge in [0.1, 0.15) is 0 Å². The molecule has 2 N–H and O–H groups in total. The SMILES string of the molecule is C.CN.CN=C=S. The summed E-state index contributed by atoms with van der Waals surface area (Å²) >= 11 is 4.14. The van der Waals surface area contributed by atoms with Crippen LogP contribution in [0.3, 0.4) is 0 Å². The van der Waals surface area contributed by atoms with Crippen LogP contribution in [0.4, 0.5) is 0 Å². The Labute approximate surface area is 50.4 Å². The molecule has 0 radical (unpaired) electrons. The van der Waals surface area contributed by atoms with Crippen molar-refractivity contribution < 1.29 is 0 Å². The Balaban J connectivity index is -0.0000000480. The summed E-state index contributed by atoms with van der Waals surface area (Å²) in [5.41, 5.74) is 4.50. The normalized spacial score (nSPS) is 3.29. The van der Waals surface area contributed by atoms with E-state index in [1.807, 2.05) is 0 Å². The van der Waals surface area contributed by atoms with Crippen LogP contribution in [0.25, 0.3) is 0 Å². The van der Waals surface area contributed by atoms with Gasteiger partial charge in [-0.1, -0.05) is 7.43 Å². The minimum Gasteiger partial charge on any atom is -0.333 e. The molecule has 0 rings (SSSR count). The summed E-state index contributed by atoms with van der Waals surface area (Å²) in [5, 5.41) is 2.14. The summed E-state index contributed by atoms with van der Waals surface area (Å²) in [6.45, 7) is 0. The van der Waals surface area contributed by atoms with Crippen LogP contribution in [-0.2, 0) is 0 Å². The van der Waals surface area contributed by atoms with E-state index in [1.54, 1.807) is 7.05 Å². The van der Waals surface area contributed by atoms with Crippen molar-refractivity contribution in [2.45, 2.75) is 7.43 Å². The zero-order valence-corrected chi connectivity index (χ0v) is 4.75. The number of rotatable bonds is 0. The molecule has 0 amide bonds. The summed E-state index contributed by atoms with van der Waals surface area (Å²) in [4.78, 5) is 3.30. The molecule has 0 saturated heterocycles. The molecule has 0 aromatic carbocycles. The molecule has 0 aromatic heterocycles. The van der Waals surface area contributed by atoms with Gasteiger partial charge in [0.2, 0.25) is 0 Å². The van der Waals surface area contributed by atoms with E-state index in [1.165, 1.54) is 7.05 Å². The first-order valence-corrected chi connectivity index (χ1v) is 1.86. The second-order valence-corrected chi connectivity index (χ2v) is 0.497. The van der Waals surface area contributed by atoms with Crippen LogP contribution in [0.1, 0.15) is 7.43 Å². The molecule has 2 nitrogen and oxygen atoms in total. The molecular weight excluding hydrogens is 108 g/mol. The van der Waals surface area contributed by atoms with Gasteiger partial charge in [0.05, 0.1) is 5.16 Å². The fraction of sp³-hybridized carbons (Fsp3) is 0.750. The first kappa shape index (κ1) is 15.9. The van der Waals surface area contributed by atoms with E-state index in [2.05, 4.69) is 28.1 Å². The van der Waals surface area contributed by atoms with Crippen molar-refractivity contribution in [3.8, 4) is 0 Å². The van der Waals surface area contributed by atoms with Crippen molar-refractivity contribution in [1.29, 1.82) is 0 Å². The molecule has 0 aromatic rings. The van der Waals surface area contributed by atoms with Gasteiger partial charge >= 0.3 is 0 Å². The van der Waals surface area contributed by atoms with Gasteiger partial charge in [0.15, 0.2) is 0 Å². The lowest BCUT2D eigenvalue weighted by atomic mass is 11.4. The first-order chi connectivity index (χ1) is 2.91. The Kier molecular flexibility index (Phi) is 95.5. The molecule has 0 atom stereocenters. The predicted octanol–water partition coefficient (Wildman–Crippen LogP) is 0.930. The van der Waals surface area contributed by atoms with Gasteiger partial charge in [0, 0.05) is 7.05 Å². The molecule has 0 unspecified atom stereocenters. The molecule has 0 aliphatic carbocycles. The standard InChI is InChI=1S/C2H3NS.CH5N.CH4/c1-3-2-4;1-2;/h1H3;2H2,1H3;1H4. The molecule has 0 spiro atoms. The third-order valence-electron chi connectivity index (χ3n) is 0.0913. The highest BCUT2D eigenvalue weighted by molar-refractivity contribution is 7.78. The van der Waals surface area contributed by atoms with Crippen LogP contribution >= 0.6 is 12.2 Å². The number of aliphatic imine (C=N–C) groups is 1. The summed E-state index contributed by atoms with van der Waals surface area (Å²) in [5.74, 6) is 0. The summed E-state index contributed by atoms with van der Waals surface area (Å²) in [6.07, 6.45) is 0. The third-order valence-corrected chi connectivity index (χ3v) is 0.274. The van der Waals surface area contributed by atoms with Crippen molar-refractivity contribution in [3.63, 3.8) is 0 Å². The molecular formula is C4H12N2S. The summed E-state index contributed by atoms with van der Waals surface area (Å²) < 4.78 is 0. The molecule has 3 heteroatoms. The Morgan fingerprint density at radius 3 is 1.71 bits per heavy atom. The number of thiocarbonyl (C=S) groups is 1. The third kappa shape index (κ3) is 141. The monoisotopic (exact) mass is 120 g/mol. The van der Waals surface area contributed by atoms with E-state index in [9.17, 15) is 0 Å². The Bertz CT molecular complexity index is 47.7. The van der Waals surface area contributed by atoms with Crippen molar-refractivity contribution >= 4 is 17.4 Å². The average Bonchev–Trinajstić information content (AvgIpc) is 1.72.